The van der Waals surface area contributed by atoms with Gasteiger partial charge in [-0.1, -0.05) is 18.2 Å². The molecule has 7 nitrogen and oxygen atoms in total. The Bertz CT molecular complexity index is 1040. The highest BCUT2D eigenvalue weighted by Gasteiger charge is 2.16. The second-order valence-electron chi connectivity index (χ2n) is 6.41. The summed E-state index contributed by atoms with van der Waals surface area (Å²) in [6.45, 7) is 3.45. The lowest BCUT2D eigenvalue weighted by Crippen LogP contribution is -2.18. The highest BCUT2D eigenvalue weighted by molar-refractivity contribution is 5.96. The molecule has 0 saturated heterocycles. The fourth-order valence-corrected chi connectivity index (χ4v) is 2.99. The zero-order chi connectivity index (χ0) is 20.8. The standard InChI is InChI=1S/C22H21N3O4/c1-15-12-20(16(2)25(15)18-6-4-3-5-7-18)22(28)24-23-13-17-8-10-19(11-9-17)29-14-21(26)27/h3-13H,14H2,1-2H3,(H,24,28)(H,26,27)/b23-13-. The number of nitrogens with one attached hydrogen (secondary N) is 1. The van der Waals surface area contributed by atoms with Crippen molar-refractivity contribution in [3.8, 4) is 11.4 Å². The molecule has 0 radical (unpaired) electrons. The lowest BCUT2D eigenvalue weighted by molar-refractivity contribution is -0.139. The minimum absolute atomic E-state index is 0.294. The average Bonchev–Trinajstić information content (AvgIpc) is 3.02. The van der Waals surface area contributed by atoms with Crippen molar-refractivity contribution in [2.75, 3.05) is 6.61 Å². The molecule has 0 atom stereocenters. The Morgan fingerprint density at radius 3 is 2.45 bits per heavy atom. The van der Waals surface area contributed by atoms with Crippen LogP contribution in [0.3, 0.4) is 0 Å². The van der Waals surface area contributed by atoms with Crippen molar-refractivity contribution in [2.24, 2.45) is 5.10 Å². The quantitative estimate of drug-likeness (QED) is 0.477. The number of rotatable bonds is 7. The maximum absolute atomic E-state index is 12.5. The highest BCUT2D eigenvalue weighted by Crippen LogP contribution is 2.20. The van der Waals surface area contributed by atoms with E-state index in [0.29, 0.717) is 11.3 Å². The van der Waals surface area contributed by atoms with Gasteiger partial charge in [-0.3, -0.25) is 4.79 Å². The number of benzene rings is 2. The molecule has 0 saturated carbocycles. The molecule has 7 heteroatoms. The van der Waals surface area contributed by atoms with Crippen LogP contribution in [0.15, 0.2) is 65.8 Å². The molecule has 148 valence electrons. The van der Waals surface area contributed by atoms with Crippen LogP contribution in [0.1, 0.15) is 27.3 Å². The van der Waals surface area contributed by atoms with Gasteiger partial charge in [0.15, 0.2) is 6.61 Å². The lowest BCUT2D eigenvalue weighted by atomic mass is 10.2. The molecule has 3 aromatic rings. The maximum Gasteiger partial charge on any atom is 0.341 e. The van der Waals surface area contributed by atoms with Crippen LogP contribution in [0.25, 0.3) is 5.69 Å². The normalized spacial score (nSPS) is 10.8. The van der Waals surface area contributed by atoms with Crippen molar-refractivity contribution in [3.05, 3.63) is 83.2 Å². The molecule has 1 amide bonds. The summed E-state index contributed by atoms with van der Waals surface area (Å²) in [4.78, 5) is 23.0. The van der Waals surface area contributed by atoms with Crippen LogP contribution in [0.2, 0.25) is 0 Å². The van der Waals surface area contributed by atoms with Crippen LogP contribution in [0.5, 0.6) is 5.75 Å². The van der Waals surface area contributed by atoms with Gasteiger partial charge in [0.05, 0.1) is 11.8 Å². The number of nitrogens with zero attached hydrogens (tertiary/aromatic N) is 2. The first kappa shape index (κ1) is 19.9. The first-order chi connectivity index (χ1) is 14.0. The van der Waals surface area contributed by atoms with Crippen molar-refractivity contribution in [3.63, 3.8) is 0 Å². The first-order valence-corrected chi connectivity index (χ1v) is 8.98. The summed E-state index contributed by atoms with van der Waals surface area (Å²) < 4.78 is 7.09. The van der Waals surface area contributed by atoms with E-state index < -0.39 is 12.6 Å². The van der Waals surface area contributed by atoms with Gasteiger partial charge in [0, 0.05) is 17.1 Å². The molecule has 0 aliphatic heterocycles. The van der Waals surface area contributed by atoms with Crippen LogP contribution < -0.4 is 10.2 Å². The Hall–Kier alpha value is -3.87. The van der Waals surface area contributed by atoms with Gasteiger partial charge in [0.2, 0.25) is 0 Å². The van der Waals surface area contributed by atoms with E-state index in [1.807, 2.05) is 54.8 Å². The number of aryl methyl sites for hydroxylation is 1. The smallest absolute Gasteiger partial charge is 0.341 e. The first-order valence-electron chi connectivity index (χ1n) is 8.98. The summed E-state index contributed by atoms with van der Waals surface area (Å²) in [6, 6.07) is 18.4. The molecule has 0 spiro atoms. The molecule has 2 N–H and O–H groups in total. The minimum atomic E-state index is -1.04. The summed E-state index contributed by atoms with van der Waals surface area (Å²) in [5.41, 5.74) is 6.63. The molecule has 29 heavy (non-hydrogen) atoms. The molecular formula is C22H21N3O4. The van der Waals surface area contributed by atoms with Gasteiger partial charge >= 0.3 is 5.97 Å². The fraction of sp³-hybridized carbons (Fsp3) is 0.136. The third kappa shape index (κ3) is 4.90. The number of ether oxygens (including phenoxy) is 1. The van der Waals surface area contributed by atoms with Crippen LogP contribution in [0.4, 0.5) is 0 Å². The fourth-order valence-electron chi connectivity index (χ4n) is 2.99. The zero-order valence-corrected chi connectivity index (χ0v) is 16.1. The maximum atomic E-state index is 12.5. The van der Waals surface area contributed by atoms with E-state index in [9.17, 15) is 9.59 Å². The predicted molar refractivity (Wildman–Crippen MR) is 110 cm³/mol. The van der Waals surface area contributed by atoms with Crippen molar-refractivity contribution in [2.45, 2.75) is 13.8 Å². The van der Waals surface area contributed by atoms with Crippen molar-refractivity contribution in [1.82, 2.24) is 9.99 Å². The second-order valence-corrected chi connectivity index (χ2v) is 6.41. The van der Waals surface area contributed by atoms with E-state index in [1.165, 1.54) is 6.21 Å². The Morgan fingerprint density at radius 2 is 1.79 bits per heavy atom. The number of carboxylic acid groups (broad SMARTS) is 1. The molecule has 1 heterocycles. The highest BCUT2D eigenvalue weighted by atomic mass is 16.5. The van der Waals surface area contributed by atoms with Gasteiger partial charge < -0.3 is 14.4 Å². The number of hydrazone groups is 1. The molecule has 1 aromatic heterocycles. The van der Waals surface area contributed by atoms with E-state index >= 15 is 0 Å². The zero-order valence-electron chi connectivity index (χ0n) is 16.1. The number of carboxylic acids is 1. The van der Waals surface area contributed by atoms with Gasteiger partial charge in [-0.25, -0.2) is 10.2 Å². The molecular weight excluding hydrogens is 370 g/mol. The van der Waals surface area contributed by atoms with Gasteiger partial charge in [-0.05, 0) is 61.9 Å². The van der Waals surface area contributed by atoms with Gasteiger partial charge in [0.25, 0.3) is 5.91 Å². The van der Waals surface area contributed by atoms with E-state index in [-0.39, 0.29) is 5.91 Å². The van der Waals surface area contributed by atoms with Gasteiger partial charge in [0.1, 0.15) is 5.75 Å². The Kier molecular flexibility index (Phi) is 6.09. The Morgan fingerprint density at radius 1 is 1.10 bits per heavy atom. The predicted octanol–water partition coefficient (Wildman–Crippen LogP) is 3.32. The van der Waals surface area contributed by atoms with Crippen molar-refractivity contribution >= 4 is 18.1 Å². The molecule has 0 fully saturated rings. The third-order valence-electron chi connectivity index (χ3n) is 4.31. The largest absolute Gasteiger partial charge is 0.482 e. The summed E-state index contributed by atoms with van der Waals surface area (Å²) in [6.07, 6.45) is 1.51. The van der Waals surface area contributed by atoms with E-state index in [1.54, 1.807) is 24.3 Å². The number of hydrogen-bond donors (Lipinski definition) is 2. The molecule has 0 aliphatic carbocycles. The van der Waals surface area contributed by atoms with Crippen LogP contribution in [-0.4, -0.2) is 34.4 Å². The van der Waals surface area contributed by atoms with Crippen molar-refractivity contribution < 1.29 is 19.4 Å². The van der Waals surface area contributed by atoms with Crippen LogP contribution in [-0.2, 0) is 4.79 Å². The number of carbonyl (C=O) groups is 2. The SMILES string of the molecule is Cc1cc(C(=O)N/N=C\c2ccc(OCC(=O)O)cc2)c(C)n1-c1ccccc1. The summed E-state index contributed by atoms with van der Waals surface area (Å²) >= 11 is 0. The summed E-state index contributed by atoms with van der Waals surface area (Å²) in [5.74, 6) is -0.884. The van der Waals surface area contributed by atoms with Crippen LogP contribution >= 0.6 is 0 Å². The molecule has 3 rings (SSSR count). The molecule has 0 unspecified atom stereocenters. The Balaban J connectivity index is 1.66. The van der Waals surface area contributed by atoms with E-state index in [2.05, 4.69) is 10.5 Å². The van der Waals surface area contributed by atoms with Gasteiger partial charge in [-0.15, -0.1) is 0 Å². The molecule has 0 bridgehead atoms. The van der Waals surface area contributed by atoms with E-state index in [0.717, 1.165) is 22.6 Å². The van der Waals surface area contributed by atoms with Gasteiger partial charge in [-0.2, -0.15) is 5.10 Å². The average molecular weight is 391 g/mol. The summed E-state index contributed by atoms with van der Waals surface area (Å²) in [5, 5.41) is 12.6. The summed E-state index contributed by atoms with van der Waals surface area (Å²) in [7, 11) is 0. The van der Waals surface area contributed by atoms with E-state index in [4.69, 9.17) is 9.84 Å². The minimum Gasteiger partial charge on any atom is -0.482 e. The number of para-hydroxylation sites is 1. The topological polar surface area (TPSA) is 92.9 Å². The third-order valence-corrected chi connectivity index (χ3v) is 4.31. The number of carbonyl (C=O) groups excluding carboxylic acids is 1. The Labute approximate surface area is 168 Å². The van der Waals surface area contributed by atoms with Crippen molar-refractivity contribution in [1.29, 1.82) is 0 Å². The van der Waals surface area contributed by atoms with Crippen LogP contribution in [0, 0.1) is 13.8 Å². The number of amides is 1. The molecule has 2 aromatic carbocycles. The molecule has 0 aliphatic rings. The number of hydrogen-bond acceptors (Lipinski definition) is 4. The second kappa shape index (κ2) is 8.88. The lowest BCUT2D eigenvalue weighted by Gasteiger charge is -2.09. The monoisotopic (exact) mass is 391 g/mol. The number of aromatic nitrogens is 1. The number of aliphatic carboxylic acids is 1.